The number of hydrogen-bond donors (Lipinski definition) is 3. The number of urea groups is 1. The van der Waals surface area contributed by atoms with Crippen LogP contribution in [-0.4, -0.2) is 36.4 Å². The summed E-state index contributed by atoms with van der Waals surface area (Å²) in [5.41, 5.74) is 0. The van der Waals surface area contributed by atoms with Gasteiger partial charge in [0.2, 0.25) is 0 Å². The second kappa shape index (κ2) is 9.25. The number of hydrogen-bond acceptors (Lipinski definition) is 3. The number of aliphatic hydroxyl groups is 1. The van der Waals surface area contributed by atoms with Crippen LogP contribution in [0.1, 0.15) is 27.2 Å². The highest BCUT2D eigenvalue weighted by atomic mass is 19.1. The van der Waals surface area contributed by atoms with Crippen molar-refractivity contribution in [1.29, 1.82) is 0 Å². The number of nitrogens with one attached hydrogen (secondary N) is 2. The van der Waals surface area contributed by atoms with Gasteiger partial charge in [-0.2, -0.15) is 0 Å². The Morgan fingerprint density at radius 2 is 2.05 bits per heavy atom. The van der Waals surface area contributed by atoms with Crippen molar-refractivity contribution >= 4 is 6.03 Å². The second-order valence-electron chi connectivity index (χ2n) is 5.38. The van der Waals surface area contributed by atoms with Gasteiger partial charge < -0.3 is 20.5 Å². The minimum absolute atomic E-state index is 0.00935. The van der Waals surface area contributed by atoms with E-state index in [2.05, 4.69) is 10.6 Å². The lowest BCUT2D eigenvalue weighted by atomic mass is 10.1. The summed E-state index contributed by atoms with van der Waals surface area (Å²) < 4.78 is 19.1. The number of para-hydroxylation sites is 1. The average molecular weight is 312 g/mol. The maximum absolute atomic E-state index is 13.5. The Labute approximate surface area is 130 Å². The molecule has 0 saturated carbocycles. The third-order valence-corrected chi connectivity index (χ3v) is 3.58. The van der Waals surface area contributed by atoms with Crippen LogP contribution in [-0.2, 0) is 0 Å². The lowest BCUT2D eigenvalue weighted by Crippen LogP contribution is -2.46. The van der Waals surface area contributed by atoms with E-state index in [0.717, 1.165) is 0 Å². The summed E-state index contributed by atoms with van der Waals surface area (Å²) in [6.45, 7) is 5.86. The van der Waals surface area contributed by atoms with Crippen LogP contribution in [0, 0.1) is 11.7 Å². The van der Waals surface area contributed by atoms with Crippen LogP contribution in [0.5, 0.6) is 5.75 Å². The molecule has 2 amide bonds. The molecule has 5 nitrogen and oxygen atoms in total. The Balaban J connectivity index is 2.44. The van der Waals surface area contributed by atoms with Gasteiger partial charge in [-0.05, 0) is 31.4 Å². The molecule has 0 aliphatic rings. The van der Waals surface area contributed by atoms with Gasteiger partial charge in [0.05, 0.1) is 6.54 Å². The van der Waals surface area contributed by atoms with Crippen molar-refractivity contribution in [2.45, 2.75) is 39.3 Å². The van der Waals surface area contributed by atoms with E-state index in [-0.39, 0.29) is 43.0 Å². The van der Waals surface area contributed by atoms with Crippen LogP contribution >= 0.6 is 0 Å². The van der Waals surface area contributed by atoms with E-state index >= 15 is 0 Å². The van der Waals surface area contributed by atoms with Crippen molar-refractivity contribution in [3.8, 4) is 5.75 Å². The van der Waals surface area contributed by atoms with E-state index in [4.69, 9.17) is 9.84 Å². The molecule has 0 fully saturated rings. The first kappa shape index (κ1) is 18.2. The Bertz CT molecular complexity index is 470. The molecule has 0 aromatic heterocycles. The highest BCUT2D eigenvalue weighted by Gasteiger charge is 2.16. The fraction of sp³-hybridized carbons (Fsp3) is 0.562. The van der Waals surface area contributed by atoms with Gasteiger partial charge in [0.25, 0.3) is 0 Å². The highest BCUT2D eigenvalue weighted by molar-refractivity contribution is 5.74. The van der Waals surface area contributed by atoms with Gasteiger partial charge in [0.1, 0.15) is 6.10 Å². The molecule has 0 bridgehead atoms. The predicted octanol–water partition coefficient (Wildman–Crippen LogP) is 2.30. The maximum atomic E-state index is 13.5. The van der Waals surface area contributed by atoms with Crippen molar-refractivity contribution in [2.24, 2.45) is 5.92 Å². The molecule has 1 aromatic rings. The number of aliphatic hydroxyl groups excluding tert-OH is 1. The van der Waals surface area contributed by atoms with Crippen molar-refractivity contribution in [3.63, 3.8) is 0 Å². The zero-order chi connectivity index (χ0) is 16.5. The van der Waals surface area contributed by atoms with E-state index in [1.54, 1.807) is 18.2 Å². The Hall–Kier alpha value is -1.82. The van der Waals surface area contributed by atoms with E-state index in [9.17, 15) is 9.18 Å². The Morgan fingerprint density at radius 3 is 2.64 bits per heavy atom. The van der Waals surface area contributed by atoms with Crippen molar-refractivity contribution in [1.82, 2.24) is 10.6 Å². The normalized spacial score (nSPS) is 14.8. The van der Waals surface area contributed by atoms with E-state index in [1.807, 2.05) is 20.8 Å². The number of ether oxygens (including phenoxy) is 1. The second-order valence-corrected chi connectivity index (χ2v) is 5.38. The first-order chi connectivity index (χ1) is 10.5. The predicted molar refractivity (Wildman–Crippen MR) is 83.4 cm³/mol. The summed E-state index contributed by atoms with van der Waals surface area (Å²) in [5.74, 6) is -0.267. The molecule has 22 heavy (non-hydrogen) atoms. The number of rotatable bonds is 8. The molecule has 1 aromatic carbocycles. The van der Waals surface area contributed by atoms with Gasteiger partial charge in [-0.15, -0.1) is 0 Å². The van der Waals surface area contributed by atoms with Gasteiger partial charge in [0, 0.05) is 12.6 Å². The molecule has 0 spiro atoms. The molecule has 6 heteroatoms. The molecule has 0 aliphatic heterocycles. The Kier molecular flexibility index (Phi) is 7.66. The van der Waals surface area contributed by atoms with E-state index < -0.39 is 5.82 Å². The summed E-state index contributed by atoms with van der Waals surface area (Å²) in [5, 5.41) is 14.5. The average Bonchev–Trinajstić information content (AvgIpc) is 2.52. The first-order valence-corrected chi connectivity index (χ1v) is 7.54. The minimum atomic E-state index is -0.421. The molecule has 1 rings (SSSR count). The lowest BCUT2D eigenvalue weighted by Gasteiger charge is -2.22. The third-order valence-electron chi connectivity index (χ3n) is 3.58. The monoisotopic (exact) mass is 312 g/mol. The zero-order valence-corrected chi connectivity index (χ0v) is 13.3. The summed E-state index contributed by atoms with van der Waals surface area (Å²) in [6, 6.07) is 5.71. The van der Waals surface area contributed by atoms with Crippen molar-refractivity contribution in [2.75, 3.05) is 13.2 Å². The number of carbonyl (C=O) groups is 1. The molecule has 124 valence electrons. The van der Waals surface area contributed by atoms with Crippen LogP contribution in [0.3, 0.4) is 0 Å². The van der Waals surface area contributed by atoms with Gasteiger partial charge in [-0.3, -0.25) is 0 Å². The van der Waals surface area contributed by atoms with Gasteiger partial charge in [0.15, 0.2) is 11.6 Å². The van der Waals surface area contributed by atoms with Crippen molar-refractivity contribution in [3.05, 3.63) is 30.1 Å². The molecular formula is C16H25FN2O3. The third kappa shape index (κ3) is 5.89. The fourth-order valence-corrected chi connectivity index (χ4v) is 1.75. The SMILES string of the molecule is CCC(CNC(=O)NC(C)C(C)CO)Oc1ccccc1F. The molecule has 3 unspecified atom stereocenters. The van der Waals surface area contributed by atoms with Gasteiger partial charge >= 0.3 is 6.03 Å². The minimum Gasteiger partial charge on any atom is -0.486 e. The molecule has 0 aliphatic carbocycles. The molecule has 3 N–H and O–H groups in total. The smallest absolute Gasteiger partial charge is 0.315 e. The highest BCUT2D eigenvalue weighted by Crippen LogP contribution is 2.17. The molecule has 0 radical (unpaired) electrons. The number of halogens is 1. The summed E-state index contributed by atoms with van der Waals surface area (Å²) >= 11 is 0. The Morgan fingerprint density at radius 1 is 1.36 bits per heavy atom. The number of benzene rings is 1. The van der Waals surface area contributed by atoms with Gasteiger partial charge in [-0.1, -0.05) is 26.0 Å². The number of amides is 2. The maximum Gasteiger partial charge on any atom is 0.315 e. The molecule has 3 atom stereocenters. The van der Waals surface area contributed by atoms with Gasteiger partial charge in [-0.25, -0.2) is 9.18 Å². The molecule has 0 saturated heterocycles. The first-order valence-electron chi connectivity index (χ1n) is 7.54. The van der Waals surface area contributed by atoms with E-state index in [0.29, 0.717) is 6.42 Å². The molecule has 0 heterocycles. The molecular weight excluding hydrogens is 287 g/mol. The zero-order valence-electron chi connectivity index (χ0n) is 13.3. The van der Waals surface area contributed by atoms with Crippen LogP contribution in [0.25, 0.3) is 0 Å². The number of carbonyl (C=O) groups excluding carboxylic acids is 1. The topological polar surface area (TPSA) is 70.6 Å². The summed E-state index contributed by atoms with van der Waals surface area (Å²) in [6.07, 6.45) is 0.324. The lowest BCUT2D eigenvalue weighted by molar-refractivity contribution is 0.178. The standard InChI is InChI=1S/C16H25FN2O3/c1-4-13(22-15-8-6-5-7-14(15)17)9-18-16(21)19-12(3)11(2)10-20/h5-8,11-13,20H,4,9-10H2,1-3H3,(H2,18,19,21). The van der Waals surface area contributed by atoms with Crippen LogP contribution in [0.2, 0.25) is 0 Å². The summed E-state index contributed by atoms with van der Waals surface area (Å²) in [7, 11) is 0. The largest absolute Gasteiger partial charge is 0.486 e. The fourth-order valence-electron chi connectivity index (χ4n) is 1.75. The van der Waals surface area contributed by atoms with Crippen LogP contribution < -0.4 is 15.4 Å². The van der Waals surface area contributed by atoms with Crippen LogP contribution in [0.15, 0.2) is 24.3 Å². The van der Waals surface area contributed by atoms with E-state index in [1.165, 1.54) is 6.07 Å². The van der Waals surface area contributed by atoms with Crippen LogP contribution in [0.4, 0.5) is 9.18 Å². The van der Waals surface area contributed by atoms with Crippen molar-refractivity contribution < 1.29 is 19.0 Å². The quantitative estimate of drug-likeness (QED) is 0.690. The summed E-state index contributed by atoms with van der Waals surface area (Å²) in [4.78, 5) is 11.8.